The summed E-state index contributed by atoms with van der Waals surface area (Å²) in [5.41, 5.74) is 2.68. The minimum absolute atomic E-state index is 0.196. The van der Waals surface area contributed by atoms with Crippen LogP contribution < -0.4 is 29.0 Å². The molecule has 0 fully saturated rings. The molecule has 1 N–H and O–H groups in total. The van der Waals surface area contributed by atoms with Gasteiger partial charge < -0.3 is 29.0 Å². The van der Waals surface area contributed by atoms with Gasteiger partial charge in [-0.1, -0.05) is 22.9 Å². The van der Waals surface area contributed by atoms with Gasteiger partial charge in [-0.25, -0.2) is 4.68 Å². The van der Waals surface area contributed by atoms with E-state index in [1.165, 1.54) is 21.3 Å². The van der Waals surface area contributed by atoms with Crippen molar-refractivity contribution in [3.05, 3.63) is 82.6 Å². The summed E-state index contributed by atoms with van der Waals surface area (Å²) in [6.45, 7) is 0.461. The highest BCUT2D eigenvalue weighted by atomic mass is 35.5. The van der Waals surface area contributed by atoms with E-state index in [-0.39, 0.29) is 19.1 Å². The van der Waals surface area contributed by atoms with Crippen molar-refractivity contribution in [2.45, 2.75) is 13.2 Å². The molecule has 3 aromatic carbocycles. The molecule has 0 saturated heterocycles. The number of amides is 1. The van der Waals surface area contributed by atoms with Crippen molar-refractivity contribution in [2.75, 3.05) is 28.4 Å². The van der Waals surface area contributed by atoms with Crippen LogP contribution in [0.1, 0.15) is 21.6 Å². The van der Waals surface area contributed by atoms with Crippen LogP contribution in [0, 0.1) is 0 Å². The van der Waals surface area contributed by atoms with Crippen molar-refractivity contribution in [2.24, 2.45) is 0 Å². The van der Waals surface area contributed by atoms with Crippen LogP contribution in [0.25, 0.3) is 5.69 Å². The Kier molecular flexibility index (Phi) is 8.55. The molecular weight excluding hydrogens is 512 g/mol. The molecule has 0 spiro atoms. The lowest BCUT2D eigenvalue weighted by Gasteiger charge is -2.14. The molecule has 198 valence electrons. The van der Waals surface area contributed by atoms with Crippen LogP contribution in [0.5, 0.6) is 28.7 Å². The number of rotatable bonds is 11. The first-order chi connectivity index (χ1) is 18.4. The van der Waals surface area contributed by atoms with Crippen molar-refractivity contribution < 1.29 is 28.5 Å². The fourth-order valence-electron chi connectivity index (χ4n) is 3.67. The minimum atomic E-state index is -0.299. The third-order valence-corrected chi connectivity index (χ3v) is 5.87. The molecule has 11 heteroatoms. The van der Waals surface area contributed by atoms with Gasteiger partial charge in [-0.05, 0) is 54.1 Å². The first kappa shape index (κ1) is 26.6. The van der Waals surface area contributed by atoms with Gasteiger partial charge in [0.05, 0.1) is 40.3 Å². The second-order valence-electron chi connectivity index (χ2n) is 8.00. The number of carbonyl (C=O) groups excluding carboxylic acids is 1. The van der Waals surface area contributed by atoms with E-state index in [0.29, 0.717) is 45.0 Å². The van der Waals surface area contributed by atoms with Crippen molar-refractivity contribution in [1.82, 2.24) is 20.3 Å². The van der Waals surface area contributed by atoms with Crippen LogP contribution >= 0.6 is 11.6 Å². The maximum Gasteiger partial charge on any atom is 0.251 e. The maximum atomic E-state index is 12.8. The van der Waals surface area contributed by atoms with E-state index in [0.717, 1.165) is 11.3 Å². The molecule has 4 rings (SSSR count). The Morgan fingerprint density at radius 3 is 2.18 bits per heavy atom. The zero-order chi connectivity index (χ0) is 27.1. The monoisotopic (exact) mass is 538 g/mol. The second-order valence-corrected chi connectivity index (χ2v) is 8.44. The third kappa shape index (κ3) is 6.09. The van der Waals surface area contributed by atoms with Gasteiger partial charge >= 0.3 is 0 Å². The van der Waals surface area contributed by atoms with Crippen LogP contribution in [0.15, 0.2) is 60.8 Å². The van der Waals surface area contributed by atoms with Gasteiger partial charge in [-0.2, -0.15) is 0 Å². The van der Waals surface area contributed by atoms with E-state index in [4.69, 9.17) is 35.3 Å². The van der Waals surface area contributed by atoms with Crippen molar-refractivity contribution in [3.63, 3.8) is 0 Å². The number of carbonyl (C=O) groups is 1. The van der Waals surface area contributed by atoms with Crippen molar-refractivity contribution in [3.8, 4) is 34.4 Å². The van der Waals surface area contributed by atoms with Gasteiger partial charge in [0.15, 0.2) is 23.0 Å². The summed E-state index contributed by atoms with van der Waals surface area (Å²) >= 11 is 5.95. The summed E-state index contributed by atoms with van der Waals surface area (Å²) < 4.78 is 29.0. The zero-order valence-electron chi connectivity index (χ0n) is 21.4. The molecule has 0 unspecified atom stereocenters. The molecule has 4 aromatic rings. The van der Waals surface area contributed by atoms with Gasteiger partial charge in [0.25, 0.3) is 5.91 Å². The first-order valence-electron chi connectivity index (χ1n) is 11.5. The van der Waals surface area contributed by atoms with Crippen LogP contribution in [0.2, 0.25) is 5.02 Å². The van der Waals surface area contributed by atoms with Crippen LogP contribution in [0.3, 0.4) is 0 Å². The normalized spacial score (nSPS) is 10.6. The van der Waals surface area contributed by atoms with Crippen LogP contribution in [-0.4, -0.2) is 49.3 Å². The smallest absolute Gasteiger partial charge is 0.251 e. The molecule has 0 atom stereocenters. The summed E-state index contributed by atoms with van der Waals surface area (Å²) in [7, 11) is 6.05. The number of benzene rings is 3. The van der Waals surface area contributed by atoms with Crippen LogP contribution in [0.4, 0.5) is 0 Å². The number of ether oxygens (including phenoxy) is 5. The molecule has 0 aliphatic heterocycles. The number of methoxy groups -OCH3 is 4. The van der Waals surface area contributed by atoms with E-state index < -0.39 is 0 Å². The molecule has 0 aliphatic rings. The zero-order valence-corrected chi connectivity index (χ0v) is 22.1. The summed E-state index contributed by atoms with van der Waals surface area (Å²) in [5, 5.41) is 11.8. The van der Waals surface area contributed by atoms with E-state index in [9.17, 15) is 4.79 Å². The Morgan fingerprint density at radius 2 is 1.55 bits per heavy atom. The van der Waals surface area contributed by atoms with Crippen molar-refractivity contribution >= 4 is 17.5 Å². The Balaban J connectivity index is 1.39. The fourth-order valence-corrected chi connectivity index (χ4v) is 3.80. The van der Waals surface area contributed by atoms with Gasteiger partial charge in [-0.3, -0.25) is 4.79 Å². The topological polar surface area (TPSA) is 106 Å². The minimum Gasteiger partial charge on any atom is -0.493 e. The SMILES string of the molecule is COc1cc(CNC(=O)c2cc(OC)c(OC)c(OC)c2)ccc1OCc1cn(-c2ccc(Cl)cc2)nn1. The average Bonchev–Trinajstić information content (AvgIpc) is 3.43. The summed E-state index contributed by atoms with van der Waals surface area (Å²) in [5.74, 6) is 1.97. The standard InChI is InChI=1S/C27H27ClN4O6/c1-34-23-11-17(14-29-27(33)18-12-24(35-2)26(37-4)25(13-18)36-3)5-10-22(23)38-16-20-15-32(31-30-20)21-8-6-19(28)7-9-21/h5-13,15H,14,16H2,1-4H3,(H,29,33). The molecule has 1 aromatic heterocycles. The van der Waals surface area contributed by atoms with Crippen LogP contribution in [-0.2, 0) is 13.2 Å². The molecule has 0 bridgehead atoms. The van der Waals surface area contributed by atoms with Gasteiger partial charge in [0.1, 0.15) is 12.3 Å². The fraction of sp³-hybridized carbons (Fsp3) is 0.222. The third-order valence-electron chi connectivity index (χ3n) is 5.62. The molecule has 1 amide bonds. The average molecular weight is 539 g/mol. The number of hydrogen-bond acceptors (Lipinski definition) is 8. The Morgan fingerprint density at radius 1 is 0.868 bits per heavy atom. The van der Waals surface area contributed by atoms with E-state index in [1.54, 1.807) is 54.4 Å². The molecule has 38 heavy (non-hydrogen) atoms. The maximum absolute atomic E-state index is 12.8. The molecule has 0 aliphatic carbocycles. The van der Waals surface area contributed by atoms with Gasteiger partial charge in [-0.15, -0.1) is 5.10 Å². The van der Waals surface area contributed by atoms with E-state index >= 15 is 0 Å². The number of aromatic nitrogens is 3. The Labute approximate surface area is 225 Å². The highest BCUT2D eigenvalue weighted by molar-refractivity contribution is 6.30. The summed E-state index contributed by atoms with van der Waals surface area (Å²) in [4.78, 5) is 12.8. The molecular formula is C27H27ClN4O6. The van der Waals surface area contributed by atoms with Crippen molar-refractivity contribution in [1.29, 1.82) is 0 Å². The lowest BCUT2D eigenvalue weighted by atomic mass is 10.1. The van der Waals surface area contributed by atoms with E-state index in [2.05, 4.69) is 15.6 Å². The number of hydrogen-bond donors (Lipinski definition) is 1. The Hall–Kier alpha value is -4.44. The van der Waals surface area contributed by atoms with Gasteiger partial charge in [0.2, 0.25) is 5.75 Å². The second kappa shape index (κ2) is 12.2. The molecule has 10 nitrogen and oxygen atoms in total. The highest BCUT2D eigenvalue weighted by Crippen LogP contribution is 2.38. The summed E-state index contributed by atoms with van der Waals surface area (Å²) in [6, 6.07) is 15.9. The Bertz CT molecular complexity index is 1380. The quantitative estimate of drug-likeness (QED) is 0.298. The lowest BCUT2D eigenvalue weighted by Crippen LogP contribution is -2.23. The predicted molar refractivity (Wildman–Crippen MR) is 141 cm³/mol. The lowest BCUT2D eigenvalue weighted by molar-refractivity contribution is 0.0950. The molecule has 0 saturated carbocycles. The van der Waals surface area contributed by atoms with E-state index in [1.807, 2.05) is 18.2 Å². The summed E-state index contributed by atoms with van der Waals surface area (Å²) in [6.07, 6.45) is 1.78. The highest BCUT2D eigenvalue weighted by Gasteiger charge is 2.17. The largest absolute Gasteiger partial charge is 0.493 e. The molecule has 0 radical (unpaired) electrons. The number of nitrogens with zero attached hydrogens (tertiary/aromatic N) is 3. The number of halogens is 1. The number of nitrogens with one attached hydrogen (secondary N) is 1. The molecule has 1 heterocycles. The predicted octanol–water partition coefficient (Wildman–Crippen LogP) is 4.46. The van der Waals surface area contributed by atoms with Gasteiger partial charge in [0, 0.05) is 17.1 Å². The first-order valence-corrected chi connectivity index (χ1v) is 11.9.